The second-order valence-electron chi connectivity index (χ2n) is 3.78. The summed E-state index contributed by atoms with van der Waals surface area (Å²) in [7, 11) is 1.61. The largest absolute Gasteiger partial charge is 0.494 e. The van der Waals surface area contributed by atoms with Crippen LogP contribution in [0.2, 0.25) is 0 Å². The van der Waals surface area contributed by atoms with E-state index in [2.05, 4.69) is 20.7 Å². The molecule has 0 saturated carbocycles. The normalized spacial score (nSPS) is 10.2. The minimum Gasteiger partial charge on any atom is -0.494 e. The van der Waals surface area contributed by atoms with Crippen molar-refractivity contribution in [2.45, 2.75) is 6.92 Å². The number of nitrogens with zero attached hydrogens (tertiary/aromatic N) is 4. The van der Waals surface area contributed by atoms with E-state index in [4.69, 9.17) is 10.5 Å². The summed E-state index contributed by atoms with van der Waals surface area (Å²) in [6.45, 7) is 2.35. The number of ether oxygens (including phenoxy) is 1. The van der Waals surface area contributed by atoms with Crippen LogP contribution in [0.4, 0.5) is 11.6 Å². The molecule has 0 fully saturated rings. The predicted molar refractivity (Wildman–Crippen MR) is 68.8 cm³/mol. The molecule has 2 aromatic rings. The number of nitrogen functional groups attached to an aromatic ring is 1. The van der Waals surface area contributed by atoms with Gasteiger partial charge in [-0.25, -0.2) is 0 Å². The smallest absolute Gasteiger partial charge is 0.270 e. The van der Waals surface area contributed by atoms with Crippen LogP contribution in [0.25, 0.3) is 0 Å². The number of amides is 1. The van der Waals surface area contributed by atoms with E-state index >= 15 is 0 Å². The van der Waals surface area contributed by atoms with Gasteiger partial charge in [-0.2, -0.15) is 4.80 Å². The summed E-state index contributed by atoms with van der Waals surface area (Å²) in [5.41, 5.74) is 6.54. The van der Waals surface area contributed by atoms with Crippen LogP contribution >= 0.6 is 0 Å². The van der Waals surface area contributed by atoms with Crippen molar-refractivity contribution >= 4 is 17.5 Å². The molecule has 0 spiro atoms. The van der Waals surface area contributed by atoms with E-state index in [9.17, 15) is 4.79 Å². The minimum atomic E-state index is -0.374. The van der Waals surface area contributed by atoms with Crippen LogP contribution in [0.3, 0.4) is 0 Å². The van der Waals surface area contributed by atoms with Crippen LogP contribution in [0.1, 0.15) is 17.3 Å². The highest BCUT2D eigenvalue weighted by Gasteiger charge is 2.11. The Balaban J connectivity index is 2.18. The third-order valence-corrected chi connectivity index (χ3v) is 2.24. The van der Waals surface area contributed by atoms with Crippen molar-refractivity contribution in [3.63, 3.8) is 0 Å². The Labute approximate surface area is 109 Å². The number of hydrogen-bond donors (Lipinski definition) is 2. The molecule has 0 atom stereocenters. The van der Waals surface area contributed by atoms with Crippen LogP contribution in [0, 0.1) is 0 Å². The van der Waals surface area contributed by atoms with Crippen LogP contribution in [0.5, 0.6) is 5.75 Å². The molecule has 100 valence electrons. The number of hydrogen-bond acceptors (Lipinski definition) is 6. The number of nitrogens with one attached hydrogen (secondary N) is 1. The third-order valence-electron chi connectivity index (χ3n) is 2.24. The van der Waals surface area contributed by atoms with E-state index in [0.717, 1.165) is 0 Å². The number of carbonyl (C=O) groups excluding carboxylic acids is 1. The maximum absolute atomic E-state index is 12.0. The Morgan fingerprint density at radius 1 is 1.47 bits per heavy atom. The summed E-state index contributed by atoms with van der Waals surface area (Å²) in [5, 5.41) is 13.7. The average molecular weight is 262 g/mol. The summed E-state index contributed by atoms with van der Waals surface area (Å²) in [6.07, 6.45) is 0. The summed E-state index contributed by atoms with van der Waals surface area (Å²) in [5.74, 6) is 0.300. The fourth-order valence-electron chi connectivity index (χ4n) is 1.51. The molecule has 1 heterocycles. The molecular weight excluding hydrogens is 248 g/mol. The first-order valence-electron chi connectivity index (χ1n) is 5.67. The maximum atomic E-state index is 12.0. The molecular formula is C11H14N6O2. The molecule has 1 amide bonds. The number of rotatable bonds is 4. The quantitative estimate of drug-likeness (QED) is 0.774. The molecule has 1 aromatic carbocycles. The zero-order valence-corrected chi connectivity index (χ0v) is 10.6. The first-order valence-corrected chi connectivity index (χ1v) is 5.67. The van der Waals surface area contributed by atoms with Gasteiger partial charge in [0.05, 0.1) is 13.7 Å². The van der Waals surface area contributed by atoms with Crippen molar-refractivity contribution in [2.24, 2.45) is 7.05 Å². The molecule has 0 aliphatic carbocycles. The summed E-state index contributed by atoms with van der Waals surface area (Å²) < 4.78 is 5.32. The lowest BCUT2D eigenvalue weighted by atomic mass is 10.2. The molecule has 8 heteroatoms. The van der Waals surface area contributed by atoms with Crippen molar-refractivity contribution in [1.82, 2.24) is 20.2 Å². The Hall–Kier alpha value is -2.64. The van der Waals surface area contributed by atoms with Gasteiger partial charge in [0.25, 0.3) is 11.9 Å². The van der Waals surface area contributed by atoms with E-state index in [1.807, 2.05) is 6.92 Å². The molecule has 0 saturated heterocycles. The van der Waals surface area contributed by atoms with Gasteiger partial charge in [0.1, 0.15) is 5.75 Å². The van der Waals surface area contributed by atoms with Crippen LogP contribution in [-0.4, -0.2) is 32.7 Å². The Kier molecular flexibility index (Phi) is 3.60. The molecule has 19 heavy (non-hydrogen) atoms. The van der Waals surface area contributed by atoms with Gasteiger partial charge in [0, 0.05) is 17.3 Å². The van der Waals surface area contributed by atoms with Gasteiger partial charge < -0.3 is 10.5 Å². The highest BCUT2D eigenvalue weighted by atomic mass is 16.5. The number of benzene rings is 1. The van der Waals surface area contributed by atoms with Crippen molar-refractivity contribution < 1.29 is 9.53 Å². The van der Waals surface area contributed by atoms with Crippen molar-refractivity contribution in [3.8, 4) is 5.75 Å². The zero-order chi connectivity index (χ0) is 13.8. The molecule has 0 bridgehead atoms. The molecule has 2 rings (SSSR count). The van der Waals surface area contributed by atoms with Crippen LogP contribution in [0.15, 0.2) is 18.2 Å². The summed E-state index contributed by atoms with van der Waals surface area (Å²) >= 11 is 0. The zero-order valence-electron chi connectivity index (χ0n) is 10.6. The number of nitrogens with two attached hydrogens (primary N) is 1. The molecule has 0 aliphatic rings. The first-order chi connectivity index (χ1) is 9.08. The van der Waals surface area contributed by atoms with Gasteiger partial charge in [0.15, 0.2) is 0 Å². The molecule has 0 radical (unpaired) electrons. The molecule has 0 aliphatic heterocycles. The Bertz CT molecular complexity index is 595. The van der Waals surface area contributed by atoms with Crippen molar-refractivity contribution in [3.05, 3.63) is 23.8 Å². The van der Waals surface area contributed by atoms with E-state index in [0.29, 0.717) is 23.6 Å². The predicted octanol–water partition coefficient (Wildman–Crippen LogP) is 0.443. The van der Waals surface area contributed by atoms with Gasteiger partial charge in [-0.3, -0.25) is 10.1 Å². The Morgan fingerprint density at radius 2 is 2.26 bits per heavy atom. The van der Waals surface area contributed by atoms with Gasteiger partial charge in [0.2, 0.25) is 0 Å². The topological polar surface area (TPSA) is 108 Å². The minimum absolute atomic E-state index is 0.132. The molecule has 3 N–H and O–H groups in total. The van der Waals surface area contributed by atoms with E-state index in [1.54, 1.807) is 25.2 Å². The lowest BCUT2D eigenvalue weighted by molar-refractivity contribution is 0.102. The first kappa shape index (κ1) is 12.8. The third kappa shape index (κ3) is 3.18. The highest BCUT2D eigenvalue weighted by Crippen LogP contribution is 2.19. The number of aromatic nitrogens is 4. The molecule has 8 nitrogen and oxygen atoms in total. The van der Waals surface area contributed by atoms with Crippen LogP contribution in [-0.2, 0) is 7.05 Å². The summed E-state index contributed by atoms with van der Waals surface area (Å²) in [4.78, 5) is 13.2. The SMILES string of the molecule is CCOc1cc(N)cc(C(=O)Nc2nnn(C)n2)c1. The van der Waals surface area contributed by atoms with Gasteiger partial charge >= 0.3 is 0 Å². The van der Waals surface area contributed by atoms with Gasteiger partial charge in [-0.15, -0.1) is 5.10 Å². The van der Waals surface area contributed by atoms with Crippen molar-refractivity contribution in [1.29, 1.82) is 0 Å². The fraction of sp³-hybridized carbons (Fsp3) is 0.273. The molecule has 0 unspecified atom stereocenters. The second kappa shape index (κ2) is 5.34. The lowest BCUT2D eigenvalue weighted by Gasteiger charge is -2.07. The second-order valence-corrected chi connectivity index (χ2v) is 3.78. The number of tetrazole rings is 1. The highest BCUT2D eigenvalue weighted by molar-refractivity contribution is 6.04. The number of anilines is 2. The maximum Gasteiger partial charge on any atom is 0.270 e. The average Bonchev–Trinajstić information content (AvgIpc) is 2.74. The number of carbonyl (C=O) groups is 1. The molecule has 1 aromatic heterocycles. The standard InChI is InChI=1S/C11H14N6O2/c1-3-19-9-5-7(4-8(12)6-9)10(18)13-11-14-16-17(2)15-11/h4-6H,3,12H2,1-2H3,(H,13,15,18). The van der Waals surface area contributed by atoms with E-state index in [1.165, 1.54) is 4.80 Å². The van der Waals surface area contributed by atoms with Crippen LogP contribution < -0.4 is 15.8 Å². The lowest BCUT2D eigenvalue weighted by Crippen LogP contribution is -2.14. The fourth-order valence-corrected chi connectivity index (χ4v) is 1.51. The summed E-state index contributed by atoms with van der Waals surface area (Å²) in [6, 6.07) is 4.81. The van der Waals surface area contributed by atoms with E-state index in [-0.39, 0.29) is 11.9 Å². The number of aryl methyl sites for hydroxylation is 1. The Morgan fingerprint density at radius 3 is 2.89 bits per heavy atom. The van der Waals surface area contributed by atoms with Crippen molar-refractivity contribution in [2.75, 3.05) is 17.7 Å². The van der Waals surface area contributed by atoms with Gasteiger partial charge in [-0.1, -0.05) is 5.10 Å². The van der Waals surface area contributed by atoms with Gasteiger partial charge in [-0.05, 0) is 24.3 Å². The monoisotopic (exact) mass is 262 g/mol. The van der Waals surface area contributed by atoms with E-state index < -0.39 is 0 Å².